The molecule has 1 aromatic carbocycles. The van der Waals surface area contributed by atoms with Gasteiger partial charge in [0.15, 0.2) is 5.75 Å². The molecule has 2 rings (SSSR count). The van der Waals surface area contributed by atoms with Crippen LogP contribution in [-0.4, -0.2) is 30.0 Å². The molecule has 2 N–H and O–H groups in total. The fourth-order valence-corrected chi connectivity index (χ4v) is 1.81. The van der Waals surface area contributed by atoms with E-state index in [1.807, 2.05) is 0 Å². The van der Waals surface area contributed by atoms with Gasteiger partial charge in [0, 0.05) is 6.04 Å². The molecule has 1 saturated carbocycles. The Hall–Kier alpha value is -2.31. The van der Waals surface area contributed by atoms with Gasteiger partial charge < -0.3 is 15.4 Å². The number of carbonyl (C=O) groups excluding carboxylic acids is 1. The predicted octanol–water partition coefficient (Wildman–Crippen LogP) is 1.68. The number of nitro groups is 1. The van der Waals surface area contributed by atoms with E-state index in [0.29, 0.717) is 6.61 Å². The average Bonchev–Trinajstić information content (AvgIpc) is 3.20. The Balaban J connectivity index is 2.07. The smallest absolute Gasteiger partial charge is 0.333 e. The van der Waals surface area contributed by atoms with E-state index in [1.54, 1.807) is 19.1 Å². The number of nitro benzene ring substituents is 1. The zero-order chi connectivity index (χ0) is 14.5. The summed E-state index contributed by atoms with van der Waals surface area (Å²) in [6.45, 7) is 2.10. The van der Waals surface area contributed by atoms with Gasteiger partial charge in [0.1, 0.15) is 5.69 Å². The van der Waals surface area contributed by atoms with Gasteiger partial charge in [-0.15, -0.1) is 0 Å². The summed E-state index contributed by atoms with van der Waals surface area (Å²) >= 11 is 0. The van der Waals surface area contributed by atoms with Gasteiger partial charge in [0.2, 0.25) is 5.91 Å². The van der Waals surface area contributed by atoms with E-state index in [-0.39, 0.29) is 35.6 Å². The van der Waals surface area contributed by atoms with Crippen LogP contribution >= 0.6 is 0 Å². The molecule has 1 aromatic rings. The number of anilines is 1. The number of nitrogens with one attached hydrogen (secondary N) is 2. The standard InChI is InChI=1S/C13H17N3O4/c1-2-20-11-5-3-4-10(13(11)16(18)19)14-8-12(17)15-9-6-7-9/h3-5,9,14H,2,6-8H2,1H3,(H,15,17). The SMILES string of the molecule is CCOc1cccc(NCC(=O)NC2CC2)c1[N+](=O)[O-]. The van der Waals surface area contributed by atoms with Crippen LogP contribution in [0.15, 0.2) is 18.2 Å². The lowest BCUT2D eigenvalue weighted by Gasteiger charge is -2.10. The number of hydrogen-bond acceptors (Lipinski definition) is 5. The first-order valence-corrected chi connectivity index (χ1v) is 6.55. The maximum absolute atomic E-state index is 11.6. The Kier molecular flexibility index (Phi) is 4.39. The first-order chi connectivity index (χ1) is 9.61. The summed E-state index contributed by atoms with van der Waals surface area (Å²) < 4.78 is 5.24. The lowest BCUT2D eigenvalue weighted by molar-refractivity contribution is -0.384. The van der Waals surface area contributed by atoms with Crippen LogP contribution in [0.25, 0.3) is 0 Å². The molecule has 0 saturated heterocycles. The van der Waals surface area contributed by atoms with Crippen molar-refractivity contribution in [1.29, 1.82) is 0 Å². The van der Waals surface area contributed by atoms with Gasteiger partial charge in [-0.3, -0.25) is 14.9 Å². The molecule has 0 aliphatic heterocycles. The quantitative estimate of drug-likeness (QED) is 0.585. The summed E-state index contributed by atoms with van der Waals surface area (Å²) in [7, 11) is 0. The second-order valence-corrected chi connectivity index (χ2v) is 4.54. The van der Waals surface area contributed by atoms with Crippen molar-refractivity contribution >= 4 is 17.3 Å². The number of para-hydroxylation sites is 1. The molecule has 20 heavy (non-hydrogen) atoms. The molecule has 108 valence electrons. The third-order valence-corrected chi connectivity index (χ3v) is 2.86. The van der Waals surface area contributed by atoms with Crippen LogP contribution in [0.1, 0.15) is 19.8 Å². The first-order valence-electron chi connectivity index (χ1n) is 6.55. The summed E-state index contributed by atoms with van der Waals surface area (Å²) in [4.78, 5) is 22.2. The largest absolute Gasteiger partial charge is 0.487 e. The molecule has 0 spiro atoms. The molecule has 1 aliphatic carbocycles. The Morgan fingerprint density at radius 1 is 1.50 bits per heavy atom. The molecule has 0 aromatic heterocycles. The molecule has 0 heterocycles. The van der Waals surface area contributed by atoms with Gasteiger partial charge in [-0.25, -0.2) is 0 Å². The zero-order valence-corrected chi connectivity index (χ0v) is 11.2. The van der Waals surface area contributed by atoms with Crippen molar-refractivity contribution in [3.05, 3.63) is 28.3 Å². The highest BCUT2D eigenvalue weighted by Crippen LogP contribution is 2.34. The molecule has 1 aliphatic rings. The molecule has 1 fully saturated rings. The number of nitrogens with zero attached hydrogens (tertiary/aromatic N) is 1. The predicted molar refractivity (Wildman–Crippen MR) is 73.9 cm³/mol. The maximum Gasteiger partial charge on any atom is 0.333 e. The minimum atomic E-state index is -0.508. The molecule has 0 unspecified atom stereocenters. The number of amides is 1. The van der Waals surface area contributed by atoms with Crippen LogP contribution in [0, 0.1) is 10.1 Å². The summed E-state index contributed by atoms with van der Waals surface area (Å²) in [5.41, 5.74) is 0.139. The van der Waals surface area contributed by atoms with Crippen LogP contribution < -0.4 is 15.4 Å². The summed E-state index contributed by atoms with van der Waals surface area (Å²) in [6.07, 6.45) is 2.01. The number of benzene rings is 1. The topological polar surface area (TPSA) is 93.5 Å². The van der Waals surface area contributed by atoms with E-state index in [9.17, 15) is 14.9 Å². The minimum Gasteiger partial charge on any atom is -0.487 e. The zero-order valence-electron chi connectivity index (χ0n) is 11.2. The van der Waals surface area contributed by atoms with E-state index in [0.717, 1.165) is 12.8 Å². The van der Waals surface area contributed by atoms with Gasteiger partial charge in [-0.05, 0) is 31.9 Å². The van der Waals surface area contributed by atoms with Crippen LogP contribution in [0.2, 0.25) is 0 Å². The van der Waals surface area contributed by atoms with Gasteiger partial charge >= 0.3 is 5.69 Å². The van der Waals surface area contributed by atoms with Crippen molar-refractivity contribution in [3.63, 3.8) is 0 Å². The number of carbonyl (C=O) groups is 1. The van der Waals surface area contributed by atoms with Crippen molar-refractivity contribution in [2.24, 2.45) is 0 Å². The van der Waals surface area contributed by atoms with Crippen molar-refractivity contribution in [1.82, 2.24) is 5.32 Å². The number of ether oxygens (including phenoxy) is 1. The third kappa shape index (κ3) is 3.59. The lowest BCUT2D eigenvalue weighted by atomic mass is 10.2. The minimum absolute atomic E-state index is 0.00686. The summed E-state index contributed by atoms with van der Waals surface area (Å²) in [5, 5.41) is 16.7. The van der Waals surface area contributed by atoms with Crippen LogP contribution in [0.3, 0.4) is 0 Å². The van der Waals surface area contributed by atoms with E-state index in [4.69, 9.17) is 4.74 Å². The Morgan fingerprint density at radius 3 is 2.85 bits per heavy atom. The second-order valence-electron chi connectivity index (χ2n) is 4.54. The fraction of sp³-hybridized carbons (Fsp3) is 0.462. The molecule has 0 atom stereocenters. The molecule has 7 heteroatoms. The van der Waals surface area contributed by atoms with Crippen LogP contribution in [0.4, 0.5) is 11.4 Å². The van der Waals surface area contributed by atoms with Crippen molar-refractivity contribution in [2.45, 2.75) is 25.8 Å². The van der Waals surface area contributed by atoms with E-state index >= 15 is 0 Å². The van der Waals surface area contributed by atoms with Gasteiger partial charge in [-0.1, -0.05) is 6.07 Å². The van der Waals surface area contributed by atoms with Gasteiger partial charge in [0.05, 0.1) is 18.1 Å². The Morgan fingerprint density at radius 2 is 2.25 bits per heavy atom. The van der Waals surface area contributed by atoms with Crippen molar-refractivity contribution in [3.8, 4) is 5.75 Å². The average molecular weight is 279 g/mol. The lowest BCUT2D eigenvalue weighted by Crippen LogP contribution is -2.31. The Bertz CT molecular complexity index is 514. The van der Waals surface area contributed by atoms with Crippen molar-refractivity contribution in [2.75, 3.05) is 18.5 Å². The molecular weight excluding hydrogens is 262 g/mol. The second kappa shape index (κ2) is 6.23. The molecule has 0 bridgehead atoms. The first kappa shape index (κ1) is 14.1. The summed E-state index contributed by atoms with van der Waals surface area (Å²) in [6, 6.07) is 5.02. The third-order valence-electron chi connectivity index (χ3n) is 2.86. The molecule has 1 amide bonds. The normalized spacial score (nSPS) is 13.7. The summed E-state index contributed by atoms with van der Waals surface area (Å²) in [5.74, 6) is 0.0358. The monoisotopic (exact) mass is 279 g/mol. The van der Waals surface area contributed by atoms with E-state index in [2.05, 4.69) is 10.6 Å². The van der Waals surface area contributed by atoms with Crippen LogP contribution in [0.5, 0.6) is 5.75 Å². The highest BCUT2D eigenvalue weighted by Gasteiger charge is 2.24. The Labute approximate surface area is 116 Å². The number of rotatable bonds is 7. The molecular formula is C13H17N3O4. The highest BCUT2D eigenvalue weighted by atomic mass is 16.6. The van der Waals surface area contributed by atoms with Crippen molar-refractivity contribution < 1.29 is 14.5 Å². The molecule has 0 radical (unpaired) electrons. The highest BCUT2D eigenvalue weighted by molar-refractivity contribution is 5.82. The number of hydrogen-bond donors (Lipinski definition) is 2. The maximum atomic E-state index is 11.6. The van der Waals surface area contributed by atoms with E-state index < -0.39 is 4.92 Å². The van der Waals surface area contributed by atoms with Crippen LogP contribution in [-0.2, 0) is 4.79 Å². The molecule has 7 nitrogen and oxygen atoms in total. The van der Waals surface area contributed by atoms with Gasteiger partial charge in [-0.2, -0.15) is 0 Å². The van der Waals surface area contributed by atoms with E-state index in [1.165, 1.54) is 6.07 Å². The van der Waals surface area contributed by atoms with Gasteiger partial charge in [0.25, 0.3) is 0 Å². The fourth-order valence-electron chi connectivity index (χ4n) is 1.81.